The average molecular weight is 353 g/mol. The molecule has 0 radical (unpaired) electrons. The zero-order valence-electron chi connectivity index (χ0n) is 15.0. The van der Waals surface area contributed by atoms with Crippen molar-refractivity contribution in [2.45, 2.75) is 32.8 Å². The second-order valence-corrected chi connectivity index (χ2v) is 5.89. The molecule has 0 aliphatic carbocycles. The molecule has 0 aliphatic heterocycles. The number of carbonyl (C=O) groups excluding carboxylic acids is 3. The summed E-state index contributed by atoms with van der Waals surface area (Å²) in [4.78, 5) is 35.5. The first-order valence-electron chi connectivity index (χ1n) is 8.67. The molecule has 1 N–H and O–H groups in total. The molecule has 1 unspecified atom stereocenters. The van der Waals surface area contributed by atoms with Crippen LogP contribution in [-0.4, -0.2) is 30.3 Å². The molecular formula is C21H23NO4. The molecule has 0 aliphatic rings. The van der Waals surface area contributed by atoms with Crippen molar-refractivity contribution in [2.75, 3.05) is 6.54 Å². The van der Waals surface area contributed by atoms with Crippen molar-refractivity contribution in [2.24, 2.45) is 0 Å². The van der Waals surface area contributed by atoms with E-state index in [1.54, 1.807) is 19.1 Å². The lowest BCUT2D eigenvalue weighted by Gasteiger charge is -2.12. The van der Waals surface area contributed by atoms with E-state index in [4.69, 9.17) is 4.74 Å². The van der Waals surface area contributed by atoms with Gasteiger partial charge in [-0.25, -0.2) is 0 Å². The van der Waals surface area contributed by atoms with Gasteiger partial charge >= 0.3 is 5.97 Å². The topological polar surface area (TPSA) is 72.5 Å². The van der Waals surface area contributed by atoms with Crippen LogP contribution in [0.15, 0.2) is 54.6 Å². The maximum atomic E-state index is 12.2. The zero-order valence-corrected chi connectivity index (χ0v) is 15.0. The first kappa shape index (κ1) is 19.4. The highest BCUT2D eigenvalue weighted by atomic mass is 16.5. The van der Waals surface area contributed by atoms with E-state index < -0.39 is 12.1 Å². The van der Waals surface area contributed by atoms with Crippen molar-refractivity contribution >= 4 is 17.7 Å². The predicted molar refractivity (Wildman–Crippen MR) is 99.7 cm³/mol. The van der Waals surface area contributed by atoms with E-state index in [1.165, 1.54) is 6.92 Å². The van der Waals surface area contributed by atoms with Gasteiger partial charge in [0, 0.05) is 18.5 Å². The quantitative estimate of drug-likeness (QED) is 0.583. The number of hydrogen-bond acceptors (Lipinski definition) is 4. The van der Waals surface area contributed by atoms with Crippen LogP contribution in [0.3, 0.4) is 0 Å². The van der Waals surface area contributed by atoms with Crippen LogP contribution in [0.4, 0.5) is 0 Å². The van der Waals surface area contributed by atoms with E-state index in [2.05, 4.69) is 5.32 Å². The Kier molecular flexibility index (Phi) is 7.09. The van der Waals surface area contributed by atoms with Gasteiger partial charge in [0.15, 0.2) is 11.9 Å². The van der Waals surface area contributed by atoms with Gasteiger partial charge in [-0.2, -0.15) is 0 Å². The lowest BCUT2D eigenvalue weighted by Crippen LogP contribution is -2.35. The molecule has 0 fully saturated rings. The highest BCUT2D eigenvalue weighted by molar-refractivity contribution is 5.98. The fraction of sp³-hybridized carbons (Fsp3) is 0.286. The third-order valence-corrected chi connectivity index (χ3v) is 3.90. The smallest absolute Gasteiger partial charge is 0.307 e. The summed E-state index contributed by atoms with van der Waals surface area (Å²) in [5.41, 5.74) is 2.65. The Hall–Kier alpha value is -2.95. The molecular weight excluding hydrogens is 330 g/mol. The molecule has 136 valence electrons. The highest BCUT2D eigenvalue weighted by Crippen LogP contribution is 2.20. The first-order valence-corrected chi connectivity index (χ1v) is 8.67. The molecule has 0 saturated carbocycles. The van der Waals surface area contributed by atoms with E-state index in [1.807, 2.05) is 42.5 Å². The second-order valence-electron chi connectivity index (χ2n) is 5.89. The van der Waals surface area contributed by atoms with E-state index in [0.717, 1.165) is 11.1 Å². The normalized spacial score (nSPS) is 11.5. The summed E-state index contributed by atoms with van der Waals surface area (Å²) >= 11 is 0. The Morgan fingerprint density at radius 2 is 1.54 bits per heavy atom. The Bertz CT molecular complexity index is 753. The van der Waals surface area contributed by atoms with Gasteiger partial charge in [-0.1, -0.05) is 54.6 Å². The molecule has 0 heterocycles. The summed E-state index contributed by atoms with van der Waals surface area (Å²) in [6.45, 7) is 3.76. The summed E-state index contributed by atoms with van der Waals surface area (Å²) in [6, 6.07) is 17.2. The monoisotopic (exact) mass is 353 g/mol. The molecule has 0 aromatic heterocycles. The van der Waals surface area contributed by atoms with Crippen molar-refractivity contribution in [1.29, 1.82) is 0 Å². The number of likely N-dealkylation sites (N-methyl/N-ethyl adjacent to an activating group) is 1. The van der Waals surface area contributed by atoms with Gasteiger partial charge in [-0.05, 0) is 25.0 Å². The Labute approximate surface area is 153 Å². The van der Waals surface area contributed by atoms with E-state index in [9.17, 15) is 14.4 Å². The highest BCUT2D eigenvalue weighted by Gasteiger charge is 2.18. The van der Waals surface area contributed by atoms with Crippen molar-refractivity contribution in [3.8, 4) is 11.1 Å². The second kappa shape index (κ2) is 9.51. The van der Waals surface area contributed by atoms with Gasteiger partial charge in [0.05, 0.1) is 6.42 Å². The van der Waals surface area contributed by atoms with Crippen LogP contribution < -0.4 is 5.32 Å². The molecule has 0 spiro atoms. The van der Waals surface area contributed by atoms with Crippen LogP contribution in [0.25, 0.3) is 11.1 Å². The number of esters is 1. The lowest BCUT2D eigenvalue weighted by atomic mass is 10.0. The van der Waals surface area contributed by atoms with Crippen LogP contribution in [0.2, 0.25) is 0 Å². The maximum absolute atomic E-state index is 12.2. The van der Waals surface area contributed by atoms with Crippen LogP contribution in [0.5, 0.6) is 0 Å². The van der Waals surface area contributed by atoms with Gasteiger partial charge < -0.3 is 10.1 Å². The van der Waals surface area contributed by atoms with Gasteiger partial charge in [0.25, 0.3) is 5.91 Å². The number of carbonyl (C=O) groups is 3. The van der Waals surface area contributed by atoms with Crippen LogP contribution in [-0.2, 0) is 14.3 Å². The minimum absolute atomic E-state index is 0.0473. The van der Waals surface area contributed by atoms with Gasteiger partial charge in [0.1, 0.15) is 0 Å². The Morgan fingerprint density at radius 1 is 0.923 bits per heavy atom. The van der Waals surface area contributed by atoms with E-state index >= 15 is 0 Å². The molecule has 5 nitrogen and oxygen atoms in total. The summed E-state index contributed by atoms with van der Waals surface area (Å²) in [6.07, 6.45) is -0.864. The molecule has 2 aromatic carbocycles. The minimum atomic E-state index is -0.859. The minimum Gasteiger partial charge on any atom is -0.453 e. The molecule has 1 atom stereocenters. The molecule has 0 saturated heterocycles. The van der Waals surface area contributed by atoms with Gasteiger partial charge in [-0.15, -0.1) is 0 Å². The average Bonchev–Trinajstić information content (AvgIpc) is 2.67. The zero-order chi connectivity index (χ0) is 18.9. The summed E-state index contributed by atoms with van der Waals surface area (Å²) in [7, 11) is 0. The van der Waals surface area contributed by atoms with Gasteiger partial charge in [-0.3, -0.25) is 14.4 Å². The third-order valence-electron chi connectivity index (χ3n) is 3.90. The van der Waals surface area contributed by atoms with E-state index in [0.29, 0.717) is 12.1 Å². The molecule has 2 aromatic rings. The standard InChI is InChI=1S/C21H23NO4/c1-3-22-21(25)15(2)26-20(24)14-13-19(23)18-11-9-17(10-12-18)16-7-5-4-6-8-16/h4-12,15H,3,13-14H2,1-2H3,(H,22,25). The number of benzene rings is 2. The largest absolute Gasteiger partial charge is 0.453 e. The van der Waals surface area contributed by atoms with Crippen molar-refractivity contribution in [3.05, 3.63) is 60.2 Å². The van der Waals surface area contributed by atoms with Crippen molar-refractivity contribution in [1.82, 2.24) is 5.32 Å². The Morgan fingerprint density at radius 3 is 2.15 bits per heavy atom. The van der Waals surface area contributed by atoms with Gasteiger partial charge in [0.2, 0.25) is 0 Å². The first-order chi connectivity index (χ1) is 12.5. The molecule has 5 heteroatoms. The summed E-state index contributed by atoms with van der Waals surface area (Å²) in [5, 5.41) is 2.58. The third kappa shape index (κ3) is 5.55. The lowest BCUT2D eigenvalue weighted by molar-refractivity contribution is -0.154. The molecule has 2 rings (SSSR count). The SMILES string of the molecule is CCNC(=O)C(C)OC(=O)CCC(=O)c1ccc(-c2ccccc2)cc1. The van der Waals surface area contributed by atoms with Crippen LogP contribution in [0.1, 0.15) is 37.0 Å². The van der Waals surface area contributed by atoms with Crippen LogP contribution >= 0.6 is 0 Å². The summed E-state index contributed by atoms with van der Waals surface area (Å²) < 4.78 is 5.02. The molecule has 1 amide bonds. The van der Waals surface area contributed by atoms with Crippen molar-refractivity contribution in [3.63, 3.8) is 0 Å². The Balaban J connectivity index is 1.86. The number of ether oxygens (including phenoxy) is 1. The van der Waals surface area contributed by atoms with Crippen molar-refractivity contribution < 1.29 is 19.1 Å². The predicted octanol–water partition coefficient (Wildman–Crippen LogP) is 3.38. The summed E-state index contributed by atoms with van der Waals surface area (Å²) in [5.74, 6) is -1.03. The fourth-order valence-electron chi connectivity index (χ4n) is 2.47. The number of nitrogens with one attached hydrogen (secondary N) is 1. The maximum Gasteiger partial charge on any atom is 0.307 e. The fourth-order valence-corrected chi connectivity index (χ4v) is 2.47. The number of ketones is 1. The van der Waals surface area contributed by atoms with E-state index in [-0.39, 0.29) is 24.5 Å². The number of amides is 1. The number of hydrogen-bond donors (Lipinski definition) is 1. The molecule has 26 heavy (non-hydrogen) atoms. The number of Topliss-reactive ketones (excluding diaryl/α,β-unsaturated/α-hetero) is 1. The number of rotatable bonds is 8. The van der Waals surface area contributed by atoms with Crippen LogP contribution in [0, 0.1) is 0 Å². The molecule has 0 bridgehead atoms.